The topological polar surface area (TPSA) is 78.9 Å². The highest BCUT2D eigenvalue weighted by atomic mass is 16.6. The maximum Gasteiger partial charge on any atom is 0.306 e. The van der Waals surface area contributed by atoms with Crippen molar-refractivity contribution in [3.63, 3.8) is 0 Å². The van der Waals surface area contributed by atoms with Crippen molar-refractivity contribution in [2.24, 2.45) is 0 Å². The van der Waals surface area contributed by atoms with Gasteiger partial charge in [0.15, 0.2) is 6.10 Å². The van der Waals surface area contributed by atoms with E-state index in [1.807, 2.05) is 0 Å². The quantitative estimate of drug-likeness (QED) is 0.0261. The molecule has 0 N–H and O–H groups in total. The van der Waals surface area contributed by atoms with Crippen LogP contribution in [-0.4, -0.2) is 37.2 Å². The molecule has 0 saturated carbocycles. The van der Waals surface area contributed by atoms with Crippen LogP contribution in [0.1, 0.15) is 348 Å². The Bertz CT molecular complexity index is 1130. The number of hydrogen-bond acceptors (Lipinski definition) is 6. The van der Waals surface area contributed by atoms with Gasteiger partial charge in [-0.1, -0.05) is 283 Å². The summed E-state index contributed by atoms with van der Waals surface area (Å²) in [5.74, 6) is -0.865. The van der Waals surface area contributed by atoms with Gasteiger partial charge < -0.3 is 14.2 Å². The molecule has 0 aromatic carbocycles. The van der Waals surface area contributed by atoms with Gasteiger partial charge in [0.1, 0.15) is 13.2 Å². The van der Waals surface area contributed by atoms with E-state index < -0.39 is 6.10 Å². The molecule has 0 aromatic rings. The van der Waals surface area contributed by atoms with Crippen LogP contribution in [0.15, 0.2) is 24.3 Å². The first-order valence-corrected chi connectivity index (χ1v) is 31.3. The van der Waals surface area contributed by atoms with E-state index in [1.54, 1.807) is 0 Å². The number of hydrogen-bond donors (Lipinski definition) is 0. The fraction of sp³-hybridized carbons (Fsp3) is 0.891. The third kappa shape index (κ3) is 56.8. The lowest BCUT2D eigenvalue weighted by molar-refractivity contribution is -0.167. The Morgan fingerprint density at radius 1 is 0.271 bits per heavy atom. The van der Waals surface area contributed by atoms with E-state index in [4.69, 9.17) is 14.2 Å². The van der Waals surface area contributed by atoms with Crippen molar-refractivity contribution in [3.8, 4) is 0 Å². The minimum absolute atomic E-state index is 0.0699. The predicted octanol–water partition coefficient (Wildman–Crippen LogP) is 21.1. The van der Waals surface area contributed by atoms with Gasteiger partial charge in [0.25, 0.3) is 0 Å². The minimum Gasteiger partial charge on any atom is -0.462 e. The number of ether oxygens (including phenoxy) is 3. The molecule has 6 heteroatoms. The molecule has 0 saturated heterocycles. The average Bonchev–Trinajstić information content (AvgIpc) is 3.36. The average molecular weight is 986 g/mol. The zero-order chi connectivity index (χ0) is 50.7. The Morgan fingerprint density at radius 3 is 0.714 bits per heavy atom. The Labute approximate surface area is 436 Å². The van der Waals surface area contributed by atoms with E-state index in [-0.39, 0.29) is 31.1 Å². The maximum absolute atomic E-state index is 12.8. The molecule has 0 fully saturated rings. The number of esters is 3. The summed E-state index contributed by atoms with van der Waals surface area (Å²) in [4.78, 5) is 38.0. The largest absolute Gasteiger partial charge is 0.462 e. The molecule has 1 unspecified atom stereocenters. The molecule has 412 valence electrons. The summed E-state index contributed by atoms with van der Waals surface area (Å²) in [6.45, 7) is 6.64. The highest BCUT2D eigenvalue weighted by molar-refractivity contribution is 5.71. The van der Waals surface area contributed by atoms with Gasteiger partial charge in [-0.05, 0) is 70.6 Å². The first kappa shape index (κ1) is 67.9. The molecular formula is C64H120O6. The highest BCUT2D eigenvalue weighted by Gasteiger charge is 2.19. The molecule has 0 bridgehead atoms. The SMILES string of the molecule is CCCCCCCCC/C=C\CCCCCCCC(=O)OC(COC(=O)CCCCCCCCC)COC(=O)CCCCCCCCCCCCCCCCCCC/C=C\CCCCCCCCCC. The van der Waals surface area contributed by atoms with Crippen molar-refractivity contribution in [1.29, 1.82) is 0 Å². The van der Waals surface area contributed by atoms with Gasteiger partial charge in [-0.2, -0.15) is 0 Å². The summed E-state index contributed by atoms with van der Waals surface area (Å²) in [6, 6.07) is 0. The predicted molar refractivity (Wildman–Crippen MR) is 303 cm³/mol. The van der Waals surface area contributed by atoms with Crippen LogP contribution in [0.25, 0.3) is 0 Å². The molecule has 0 aliphatic heterocycles. The Balaban J connectivity index is 4.02. The lowest BCUT2D eigenvalue weighted by atomic mass is 10.0. The monoisotopic (exact) mass is 985 g/mol. The third-order valence-electron chi connectivity index (χ3n) is 14.2. The van der Waals surface area contributed by atoms with Crippen LogP contribution in [-0.2, 0) is 28.6 Å². The van der Waals surface area contributed by atoms with Gasteiger partial charge in [0.05, 0.1) is 0 Å². The zero-order valence-electron chi connectivity index (χ0n) is 47.3. The highest BCUT2D eigenvalue weighted by Crippen LogP contribution is 2.17. The van der Waals surface area contributed by atoms with Crippen LogP contribution >= 0.6 is 0 Å². The van der Waals surface area contributed by atoms with Crippen molar-refractivity contribution in [3.05, 3.63) is 24.3 Å². The molecule has 0 amide bonds. The standard InChI is InChI=1S/C64H120O6/c1-4-7-10-13-16-18-20-22-24-26-27-28-29-30-31-32-33-34-35-36-37-38-40-41-43-45-48-51-54-57-63(66)69-60-61(59-68-62(65)56-53-50-47-15-12-9-6-3)70-64(67)58-55-52-49-46-44-42-39-25-23-21-19-17-14-11-8-5-2/h25-27,39,61H,4-24,28-38,40-60H2,1-3H3/b27-26-,39-25-. The lowest BCUT2D eigenvalue weighted by Gasteiger charge is -2.18. The zero-order valence-corrected chi connectivity index (χ0v) is 47.3. The summed E-state index contributed by atoms with van der Waals surface area (Å²) in [5.41, 5.74) is 0. The second-order valence-electron chi connectivity index (χ2n) is 21.3. The van der Waals surface area contributed by atoms with E-state index in [1.165, 1.54) is 244 Å². The Kier molecular flexibility index (Phi) is 57.7. The molecule has 0 aliphatic carbocycles. The summed E-state index contributed by atoms with van der Waals surface area (Å²) in [6.07, 6.45) is 70.8. The van der Waals surface area contributed by atoms with Crippen LogP contribution in [0.5, 0.6) is 0 Å². The van der Waals surface area contributed by atoms with Crippen molar-refractivity contribution < 1.29 is 28.6 Å². The maximum atomic E-state index is 12.8. The van der Waals surface area contributed by atoms with E-state index in [2.05, 4.69) is 45.1 Å². The molecule has 70 heavy (non-hydrogen) atoms. The van der Waals surface area contributed by atoms with Crippen LogP contribution < -0.4 is 0 Å². The Hall–Kier alpha value is -2.11. The molecule has 0 aliphatic rings. The van der Waals surface area contributed by atoms with Gasteiger partial charge in [-0.25, -0.2) is 0 Å². The summed E-state index contributed by atoms with van der Waals surface area (Å²) in [7, 11) is 0. The van der Waals surface area contributed by atoms with Gasteiger partial charge in [0.2, 0.25) is 0 Å². The molecule has 0 aromatic heterocycles. The van der Waals surface area contributed by atoms with E-state index in [0.29, 0.717) is 19.3 Å². The van der Waals surface area contributed by atoms with Gasteiger partial charge in [-0.3, -0.25) is 14.4 Å². The number of allylic oxidation sites excluding steroid dienone is 4. The van der Waals surface area contributed by atoms with Crippen LogP contribution in [0.4, 0.5) is 0 Å². The van der Waals surface area contributed by atoms with Gasteiger partial charge in [-0.15, -0.1) is 0 Å². The van der Waals surface area contributed by atoms with Crippen LogP contribution in [0.3, 0.4) is 0 Å². The van der Waals surface area contributed by atoms with Crippen LogP contribution in [0, 0.1) is 0 Å². The van der Waals surface area contributed by atoms with E-state index in [9.17, 15) is 14.4 Å². The number of rotatable bonds is 58. The molecule has 0 heterocycles. The van der Waals surface area contributed by atoms with E-state index >= 15 is 0 Å². The van der Waals surface area contributed by atoms with E-state index in [0.717, 1.165) is 64.2 Å². The number of unbranched alkanes of at least 4 members (excludes halogenated alkanes) is 43. The normalized spacial score (nSPS) is 12.1. The minimum atomic E-state index is -0.769. The van der Waals surface area contributed by atoms with Crippen molar-refractivity contribution in [1.82, 2.24) is 0 Å². The first-order chi connectivity index (χ1) is 34.5. The number of carbonyl (C=O) groups excluding carboxylic acids is 3. The fourth-order valence-corrected chi connectivity index (χ4v) is 9.44. The molecular weight excluding hydrogens is 865 g/mol. The molecule has 0 spiro atoms. The summed E-state index contributed by atoms with van der Waals surface area (Å²) in [5, 5.41) is 0. The van der Waals surface area contributed by atoms with Crippen LogP contribution in [0.2, 0.25) is 0 Å². The molecule has 6 nitrogen and oxygen atoms in total. The Morgan fingerprint density at radius 2 is 0.471 bits per heavy atom. The number of carbonyl (C=O) groups is 3. The van der Waals surface area contributed by atoms with Gasteiger partial charge in [0, 0.05) is 19.3 Å². The molecule has 0 radical (unpaired) electrons. The molecule has 1 atom stereocenters. The first-order valence-electron chi connectivity index (χ1n) is 31.3. The summed E-state index contributed by atoms with van der Waals surface area (Å²) >= 11 is 0. The van der Waals surface area contributed by atoms with Crippen molar-refractivity contribution >= 4 is 17.9 Å². The second kappa shape index (κ2) is 59.5. The van der Waals surface area contributed by atoms with Crippen molar-refractivity contribution in [2.45, 2.75) is 354 Å². The smallest absolute Gasteiger partial charge is 0.306 e. The van der Waals surface area contributed by atoms with Crippen molar-refractivity contribution in [2.75, 3.05) is 13.2 Å². The lowest BCUT2D eigenvalue weighted by Crippen LogP contribution is -2.30. The molecule has 0 rings (SSSR count). The second-order valence-corrected chi connectivity index (χ2v) is 21.3. The van der Waals surface area contributed by atoms with Gasteiger partial charge >= 0.3 is 17.9 Å². The summed E-state index contributed by atoms with van der Waals surface area (Å²) < 4.78 is 16.8. The third-order valence-corrected chi connectivity index (χ3v) is 14.2. The fourth-order valence-electron chi connectivity index (χ4n) is 9.44.